The van der Waals surface area contributed by atoms with Gasteiger partial charge in [0.05, 0.1) is 0 Å². The van der Waals surface area contributed by atoms with Crippen LogP contribution in [0.3, 0.4) is 0 Å². The molecule has 0 atom stereocenters. The Hall–Kier alpha value is 0.667. The van der Waals surface area contributed by atoms with E-state index in [0.717, 1.165) is 0 Å². The summed E-state index contributed by atoms with van der Waals surface area (Å²) in [5.74, 6) is 0. The van der Waals surface area contributed by atoms with Crippen LogP contribution in [0.4, 0.5) is 0 Å². The Labute approximate surface area is 144 Å². The molecule has 0 heterocycles. The standard InChI is InChI=1S/2C3H6O2S.CH2O2S.2Sn/c2*1-2-5-3(4)6;2-1(3)4;;/h2*2H2,1H3,(H,4,6);(H2,2,3,4);;/q;;;2*+2/p-4. The topological polar surface area (TPSA) is 55.4 Å². The molecular weight excluding hydrogens is 514 g/mol. The van der Waals surface area contributed by atoms with Crippen LogP contribution in [0, 0.1) is 0 Å². The van der Waals surface area contributed by atoms with Crippen LogP contribution in [0.2, 0.25) is 0 Å². The SMILES string of the molecule is CCOC(=S)[O][Sn][O]C(=S)[O][Sn][O]C(=S)OCC. The van der Waals surface area contributed by atoms with Crippen LogP contribution in [-0.2, 0) is 21.8 Å². The van der Waals surface area contributed by atoms with Crippen LogP contribution < -0.4 is 0 Å². The maximum atomic E-state index is 5.07. The van der Waals surface area contributed by atoms with Gasteiger partial charge in [0, 0.05) is 0 Å². The van der Waals surface area contributed by atoms with Crippen molar-refractivity contribution in [2.24, 2.45) is 0 Å². The molecule has 0 N–H and O–H groups in total. The van der Waals surface area contributed by atoms with E-state index in [0.29, 0.717) is 13.2 Å². The molecule has 0 aromatic heterocycles. The summed E-state index contributed by atoms with van der Waals surface area (Å²) in [5.41, 5.74) is 0. The van der Waals surface area contributed by atoms with Gasteiger partial charge in [-0.25, -0.2) is 0 Å². The van der Waals surface area contributed by atoms with Crippen LogP contribution in [0.15, 0.2) is 0 Å². The molecule has 0 aromatic rings. The summed E-state index contributed by atoms with van der Waals surface area (Å²) >= 11 is 11.0. The van der Waals surface area contributed by atoms with E-state index in [-0.39, 0.29) is 15.7 Å². The number of hydrogen-bond donors (Lipinski definition) is 0. The zero-order chi connectivity index (χ0) is 13.8. The van der Waals surface area contributed by atoms with Gasteiger partial charge >= 0.3 is 145 Å². The van der Waals surface area contributed by atoms with Gasteiger partial charge in [-0.3, -0.25) is 0 Å². The molecule has 18 heavy (non-hydrogen) atoms. The van der Waals surface area contributed by atoms with Gasteiger partial charge in [-0.05, 0) is 0 Å². The van der Waals surface area contributed by atoms with Gasteiger partial charge < -0.3 is 0 Å². The predicted molar refractivity (Wildman–Crippen MR) is 76.9 cm³/mol. The zero-order valence-electron chi connectivity index (χ0n) is 9.59. The van der Waals surface area contributed by atoms with Crippen molar-refractivity contribution in [1.82, 2.24) is 0 Å². The van der Waals surface area contributed by atoms with Crippen molar-refractivity contribution in [3.05, 3.63) is 0 Å². The minimum atomic E-state index is -1.66. The van der Waals surface area contributed by atoms with Crippen molar-refractivity contribution >= 4 is 96.3 Å². The Morgan fingerprint density at radius 3 is 1.39 bits per heavy atom. The van der Waals surface area contributed by atoms with Crippen molar-refractivity contribution in [3.8, 4) is 0 Å². The fourth-order valence-electron chi connectivity index (χ4n) is 0.493. The van der Waals surface area contributed by atoms with Crippen molar-refractivity contribution in [1.29, 1.82) is 0 Å². The van der Waals surface area contributed by atoms with Crippen molar-refractivity contribution < 1.29 is 21.8 Å². The molecule has 0 spiro atoms. The summed E-state index contributed by atoms with van der Waals surface area (Å²) in [6, 6.07) is 0. The third-order valence-electron chi connectivity index (χ3n) is 1.02. The van der Waals surface area contributed by atoms with Crippen LogP contribution in [0.1, 0.15) is 13.8 Å². The van der Waals surface area contributed by atoms with Crippen molar-refractivity contribution in [2.45, 2.75) is 13.8 Å². The number of rotatable bonds is 6. The van der Waals surface area contributed by atoms with Gasteiger partial charge in [0.15, 0.2) is 0 Å². The summed E-state index contributed by atoms with van der Waals surface area (Å²) in [5, 5.41) is 0.133. The third kappa shape index (κ3) is 11.7. The van der Waals surface area contributed by atoms with Gasteiger partial charge in [-0.15, -0.1) is 0 Å². The van der Waals surface area contributed by atoms with Crippen LogP contribution in [0.5, 0.6) is 0 Å². The molecular formula is C7H10O6S3Sn2. The first-order valence-corrected chi connectivity index (χ1v) is 10.5. The zero-order valence-corrected chi connectivity index (χ0v) is 17.7. The molecule has 0 amide bonds. The summed E-state index contributed by atoms with van der Waals surface area (Å²) in [4.78, 5) is 0. The van der Waals surface area contributed by atoms with Gasteiger partial charge in [0.25, 0.3) is 0 Å². The number of ether oxygens (including phenoxy) is 2. The summed E-state index contributed by atoms with van der Waals surface area (Å²) < 4.78 is 30.0. The van der Waals surface area contributed by atoms with E-state index in [4.69, 9.17) is 58.4 Å². The molecule has 0 saturated heterocycles. The molecule has 0 bridgehead atoms. The van der Waals surface area contributed by atoms with Crippen LogP contribution >= 0.6 is 36.7 Å². The first-order valence-electron chi connectivity index (χ1n) is 4.65. The van der Waals surface area contributed by atoms with Crippen molar-refractivity contribution in [2.75, 3.05) is 13.2 Å². The van der Waals surface area contributed by atoms with E-state index < -0.39 is 43.9 Å². The molecule has 4 radical (unpaired) electrons. The molecule has 0 fully saturated rings. The first-order chi connectivity index (χ1) is 8.60. The Kier molecular flexibility index (Phi) is 13.2. The molecule has 0 aliphatic carbocycles. The molecule has 6 nitrogen and oxygen atoms in total. The molecule has 0 rings (SSSR count). The van der Waals surface area contributed by atoms with E-state index >= 15 is 0 Å². The average molecular weight is 524 g/mol. The van der Waals surface area contributed by atoms with Crippen LogP contribution in [-0.4, -0.2) is 72.9 Å². The van der Waals surface area contributed by atoms with E-state index in [2.05, 4.69) is 0 Å². The predicted octanol–water partition coefficient (Wildman–Crippen LogP) is 1.05. The molecule has 100 valence electrons. The maximum absolute atomic E-state index is 5.07. The van der Waals surface area contributed by atoms with Gasteiger partial charge in [0.2, 0.25) is 0 Å². The Morgan fingerprint density at radius 2 is 1.06 bits per heavy atom. The molecule has 0 aromatic carbocycles. The second-order valence-electron chi connectivity index (χ2n) is 2.19. The summed E-state index contributed by atoms with van der Waals surface area (Å²) in [6.07, 6.45) is 0. The van der Waals surface area contributed by atoms with Gasteiger partial charge in [-0.1, -0.05) is 0 Å². The first kappa shape index (κ1) is 18.7. The summed E-state index contributed by atoms with van der Waals surface area (Å²) in [7, 11) is 0. The number of hydrogen-bond acceptors (Lipinski definition) is 9. The third-order valence-corrected chi connectivity index (χ3v) is 6.35. The normalized spacial score (nSPS) is 9.00. The van der Waals surface area contributed by atoms with Crippen LogP contribution in [0.25, 0.3) is 0 Å². The molecule has 0 unspecified atom stereocenters. The van der Waals surface area contributed by atoms with Crippen molar-refractivity contribution in [3.63, 3.8) is 0 Å². The van der Waals surface area contributed by atoms with E-state index in [1.54, 1.807) is 13.8 Å². The second-order valence-corrected chi connectivity index (χ2v) is 6.47. The average Bonchev–Trinajstić information content (AvgIpc) is 2.29. The molecule has 0 saturated carbocycles. The van der Waals surface area contributed by atoms with E-state index in [1.165, 1.54) is 0 Å². The Balaban J connectivity index is 3.48. The number of thiocarbonyl (C=S) groups is 3. The van der Waals surface area contributed by atoms with E-state index in [9.17, 15) is 0 Å². The minimum absolute atomic E-state index is 0.00760. The van der Waals surface area contributed by atoms with Gasteiger partial charge in [-0.2, -0.15) is 0 Å². The molecule has 0 aliphatic rings. The fraction of sp³-hybridized carbons (Fsp3) is 0.571. The Bertz CT molecular complexity index is 264. The fourth-order valence-corrected chi connectivity index (χ4v) is 3.91. The second kappa shape index (κ2) is 12.7. The molecule has 11 heteroatoms. The summed E-state index contributed by atoms with van der Waals surface area (Å²) in [6.45, 7) is 4.52. The van der Waals surface area contributed by atoms with Gasteiger partial charge in [0.1, 0.15) is 0 Å². The Morgan fingerprint density at radius 1 is 0.722 bits per heavy atom. The molecule has 0 aliphatic heterocycles. The quantitative estimate of drug-likeness (QED) is 0.376. The monoisotopic (exact) mass is 526 g/mol. The van der Waals surface area contributed by atoms with E-state index in [1.807, 2.05) is 0 Å².